The molecule has 30 heavy (non-hydrogen) atoms. The summed E-state index contributed by atoms with van der Waals surface area (Å²) in [4.78, 5) is 25.1. The highest BCUT2D eigenvalue weighted by Crippen LogP contribution is 2.27. The number of anilines is 1. The maximum Gasteiger partial charge on any atom is 0.270 e. The first-order chi connectivity index (χ1) is 14.5. The van der Waals surface area contributed by atoms with E-state index in [0.29, 0.717) is 11.3 Å². The molecule has 1 N–H and O–H groups in total. The lowest BCUT2D eigenvalue weighted by molar-refractivity contribution is -0.384. The molecule has 2 aromatic rings. The Kier molecular flexibility index (Phi) is 7.84. The lowest BCUT2D eigenvalue weighted by Crippen LogP contribution is -2.30. The van der Waals surface area contributed by atoms with Gasteiger partial charge in [-0.1, -0.05) is 24.3 Å². The zero-order valence-corrected chi connectivity index (χ0v) is 17.9. The Labute approximate surface area is 180 Å². The van der Waals surface area contributed by atoms with Crippen LogP contribution in [0.15, 0.2) is 47.6 Å². The highest BCUT2D eigenvalue weighted by Gasteiger charge is 2.17. The molecule has 1 heterocycles. The van der Waals surface area contributed by atoms with Crippen molar-refractivity contribution in [2.45, 2.75) is 31.9 Å². The molecular weight excluding hydrogens is 400 g/mol. The molecular formula is C22H26N4O3S. The molecule has 0 saturated carbocycles. The number of hydrogen-bond acceptors (Lipinski definition) is 6. The van der Waals surface area contributed by atoms with Gasteiger partial charge >= 0.3 is 0 Å². The molecule has 0 atom stereocenters. The van der Waals surface area contributed by atoms with E-state index >= 15 is 0 Å². The summed E-state index contributed by atoms with van der Waals surface area (Å²) < 4.78 is 0. The summed E-state index contributed by atoms with van der Waals surface area (Å²) in [5.74, 6) is 0.850. The van der Waals surface area contributed by atoms with Crippen molar-refractivity contribution >= 4 is 35.3 Å². The van der Waals surface area contributed by atoms with E-state index in [2.05, 4.69) is 34.5 Å². The summed E-state index contributed by atoms with van der Waals surface area (Å²) in [6, 6.07) is 12.9. The second-order valence-corrected chi connectivity index (χ2v) is 8.25. The quantitative estimate of drug-likeness (QED) is 0.387. The van der Waals surface area contributed by atoms with Crippen LogP contribution in [0, 0.1) is 17.0 Å². The number of hydrazone groups is 1. The van der Waals surface area contributed by atoms with E-state index < -0.39 is 4.92 Å². The number of hydrogen-bond donors (Lipinski definition) is 1. The van der Waals surface area contributed by atoms with Crippen LogP contribution in [-0.2, 0) is 10.5 Å². The number of non-ortho nitro benzene ring substituents is 1. The average Bonchev–Trinajstić information content (AvgIpc) is 2.75. The Morgan fingerprint density at radius 3 is 2.73 bits per heavy atom. The second-order valence-electron chi connectivity index (χ2n) is 7.26. The van der Waals surface area contributed by atoms with Gasteiger partial charge in [-0.15, -0.1) is 11.8 Å². The maximum atomic E-state index is 12.1. The molecule has 8 heteroatoms. The average molecular weight is 427 g/mol. The fraction of sp³-hybridized carbons (Fsp3) is 0.364. The normalized spacial score (nSPS) is 14.1. The molecule has 0 radical (unpaired) electrons. The molecule has 0 bridgehead atoms. The van der Waals surface area contributed by atoms with E-state index in [1.807, 2.05) is 12.1 Å². The van der Waals surface area contributed by atoms with Crippen LogP contribution in [0.4, 0.5) is 11.4 Å². The van der Waals surface area contributed by atoms with Crippen LogP contribution >= 0.6 is 11.8 Å². The number of carbonyl (C=O) groups excluding carboxylic acids is 1. The zero-order valence-electron chi connectivity index (χ0n) is 17.0. The Balaban J connectivity index is 1.59. The van der Waals surface area contributed by atoms with Crippen molar-refractivity contribution in [2.24, 2.45) is 5.10 Å². The molecule has 3 rings (SSSR count). The van der Waals surface area contributed by atoms with Crippen molar-refractivity contribution in [2.75, 3.05) is 23.7 Å². The lowest BCUT2D eigenvalue weighted by atomic mass is 10.1. The van der Waals surface area contributed by atoms with Crippen LogP contribution in [0.1, 0.15) is 36.0 Å². The standard InChI is InChI=1S/C22H26N4O3S/c1-17-7-3-4-8-18(17)15-30-16-22(27)24-23-14-19-13-20(26(28)29)9-10-21(19)25-11-5-2-6-12-25/h3-4,7-10,13-14H,2,5-6,11-12,15-16H2,1H3,(H,24,27)/b23-14-. The van der Waals surface area contributed by atoms with Crippen molar-refractivity contribution in [3.05, 3.63) is 69.3 Å². The number of rotatable bonds is 8. The van der Waals surface area contributed by atoms with Crippen LogP contribution in [-0.4, -0.2) is 35.9 Å². The summed E-state index contributed by atoms with van der Waals surface area (Å²) in [5.41, 5.74) is 6.51. The van der Waals surface area contributed by atoms with Crippen molar-refractivity contribution in [3.63, 3.8) is 0 Å². The molecule has 0 spiro atoms. The lowest BCUT2D eigenvalue weighted by Gasteiger charge is -2.29. The SMILES string of the molecule is Cc1ccccc1CSCC(=O)N/N=C\c1cc([N+](=O)[O-])ccc1N1CCCCC1. The Morgan fingerprint density at radius 2 is 2.00 bits per heavy atom. The zero-order chi connectivity index (χ0) is 21.3. The first kappa shape index (κ1) is 21.8. The molecule has 1 aliphatic rings. The monoisotopic (exact) mass is 426 g/mol. The summed E-state index contributed by atoms with van der Waals surface area (Å²) >= 11 is 1.52. The van der Waals surface area contributed by atoms with Gasteiger partial charge in [-0.3, -0.25) is 14.9 Å². The minimum Gasteiger partial charge on any atom is -0.371 e. The molecule has 0 unspecified atom stereocenters. The van der Waals surface area contributed by atoms with Crippen LogP contribution in [0.25, 0.3) is 0 Å². The van der Waals surface area contributed by atoms with E-state index in [9.17, 15) is 14.9 Å². The number of benzene rings is 2. The number of carbonyl (C=O) groups is 1. The van der Waals surface area contributed by atoms with E-state index in [0.717, 1.165) is 37.4 Å². The number of thioether (sulfide) groups is 1. The van der Waals surface area contributed by atoms with Crippen molar-refractivity contribution in [1.82, 2.24) is 5.43 Å². The maximum absolute atomic E-state index is 12.1. The van der Waals surface area contributed by atoms with E-state index in [1.165, 1.54) is 47.7 Å². The number of nitrogens with zero attached hydrogens (tertiary/aromatic N) is 3. The van der Waals surface area contributed by atoms with Gasteiger partial charge in [0.1, 0.15) is 0 Å². The van der Waals surface area contributed by atoms with E-state index in [4.69, 9.17) is 0 Å². The number of piperidine rings is 1. The predicted octanol–water partition coefficient (Wildman–Crippen LogP) is 4.28. The van der Waals surface area contributed by atoms with Gasteiger partial charge in [0.25, 0.3) is 5.69 Å². The van der Waals surface area contributed by atoms with Crippen molar-refractivity contribution < 1.29 is 9.72 Å². The van der Waals surface area contributed by atoms with Gasteiger partial charge in [0, 0.05) is 42.2 Å². The van der Waals surface area contributed by atoms with Crippen LogP contribution in [0.2, 0.25) is 0 Å². The fourth-order valence-electron chi connectivity index (χ4n) is 3.41. The first-order valence-electron chi connectivity index (χ1n) is 10.0. The number of nitrogens with one attached hydrogen (secondary N) is 1. The summed E-state index contributed by atoms with van der Waals surface area (Å²) in [6.07, 6.45) is 4.90. The number of nitro groups is 1. The highest BCUT2D eigenvalue weighted by atomic mass is 32.2. The second kappa shape index (κ2) is 10.8. The molecule has 158 valence electrons. The molecule has 1 fully saturated rings. The predicted molar refractivity (Wildman–Crippen MR) is 122 cm³/mol. The molecule has 7 nitrogen and oxygen atoms in total. The van der Waals surface area contributed by atoms with Crippen LogP contribution in [0.5, 0.6) is 0 Å². The molecule has 2 aromatic carbocycles. The molecule has 1 aliphatic heterocycles. The first-order valence-corrected chi connectivity index (χ1v) is 11.2. The van der Waals surface area contributed by atoms with Gasteiger partial charge in [0.2, 0.25) is 5.91 Å². The third kappa shape index (κ3) is 6.06. The van der Waals surface area contributed by atoms with Crippen LogP contribution < -0.4 is 10.3 Å². The number of nitro benzene ring substituents is 1. The minimum absolute atomic E-state index is 0.0114. The van der Waals surface area contributed by atoms with Gasteiger partial charge in [0.15, 0.2) is 0 Å². The van der Waals surface area contributed by atoms with E-state index in [-0.39, 0.29) is 11.6 Å². The van der Waals surface area contributed by atoms with E-state index in [1.54, 1.807) is 6.07 Å². The summed E-state index contributed by atoms with van der Waals surface area (Å²) in [6.45, 7) is 3.89. The summed E-state index contributed by atoms with van der Waals surface area (Å²) in [7, 11) is 0. The van der Waals surface area contributed by atoms with Gasteiger partial charge in [0.05, 0.1) is 16.9 Å². The van der Waals surface area contributed by atoms with Crippen LogP contribution in [0.3, 0.4) is 0 Å². The Hall–Kier alpha value is -2.87. The number of aryl methyl sites for hydroxylation is 1. The van der Waals surface area contributed by atoms with Gasteiger partial charge < -0.3 is 4.90 Å². The van der Waals surface area contributed by atoms with Gasteiger partial charge in [-0.25, -0.2) is 5.43 Å². The third-order valence-corrected chi connectivity index (χ3v) is 6.04. The molecule has 1 saturated heterocycles. The Bertz CT molecular complexity index is 926. The largest absolute Gasteiger partial charge is 0.371 e. The van der Waals surface area contributed by atoms with Gasteiger partial charge in [-0.2, -0.15) is 5.10 Å². The topological polar surface area (TPSA) is 87.8 Å². The van der Waals surface area contributed by atoms with Crippen molar-refractivity contribution in [3.8, 4) is 0 Å². The third-order valence-electron chi connectivity index (χ3n) is 5.06. The smallest absolute Gasteiger partial charge is 0.270 e. The highest BCUT2D eigenvalue weighted by molar-refractivity contribution is 7.99. The fourth-order valence-corrected chi connectivity index (χ4v) is 4.31. The molecule has 0 aliphatic carbocycles. The Morgan fingerprint density at radius 1 is 1.23 bits per heavy atom. The van der Waals surface area contributed by atoms with Gasteiger partial charge in [-0.05, 0) is 43.4 Å². The summed E-state index contributed by atoms with van der Waals surface area (Å²) in [5, 5.41) is 15.2. The minimum atomic E-state index is -0.419. The molecule has 1 amide bonds. The van der Waals surface area contributed by atoms with Crippen molar-refractivity contribution in [1.29, 1.82) is 0 Å². The number of amides is 1. The molecule has 0 aromatic heterocycles.